The van der Waals surface area contributed by atoms with Gasteiger partial charge in [0.25, 0.3) is 0 Å². The molecule has 5 nitrogen and oxygen atoms in total. The summed E-state index contributed by atoms with van der Waals surface area (Å²) >= 11 is 0. The SMILES string of the molecule is CCN(CCOC)C(CN)CC(=O)NC(C)C. The van der Waals surface area contributed by atoms with Crippen LogP contribution < -0.4 is 11.1 Å². The van der Waals surface area contributed by atoms with Crippen molar-refractivity contribution >= 4 is 5.91 Å². The second kappa shape index (κ2) is 9.39. The maximum atomic E-state index is 11.7. The standard InChI is InChI=1S/C12H27N3O2/c1-5-15(6-7-17-4)11(9-13)8-12(16)14-10(2)3/h10-11H,5-9,13H2,1-4H3,(H,14,16). The van der Waals surface area contributed by atoms with Gasteiger partial charge >= 0.3 is 0 Å². The quantitative estimate of drug-likeness (QED) is 0.609. The van der Waals surface area contributed by atoms with Crippen LogP contribution in [0.25, 0.3) is 0 Å². The highest BCUT2D eigenvalue weighted by Crippen LogP contribution is 2.03. The normalized spacial score (nSPS) is 13.1. The predicted octanol–water partition coefficient (Wildman–Crippen LogP) is 0.197. The highest BCUT2D eigenvalue weighted by atomic mass is 16.5. The molecule has 0 aromatic heterocycles. The van der Waals surface area contributed by atoms with Gasteiger partial charge in [-0.25, -0.2) is 0 Å². The molecule has 0 heterocycles. The molecule has 0 saturated carbocycles. The molecule has 0 rings (SSSR count). The largest absolute Gasteiger partial charge is 0.383 e. The van der Waals surface area contributed by atoms with Crippen molar-refractivity contribution in [3.05, 3.63) is 0 Å². The Hall–Kier alpha value is -0.650. The maximum absolute atomic E-state index is 11.7. The molecule has 1 atom stereocenters. The minimum absolute atomic E-state index is 0.0614. The average molecular weight is 245 g/mol. The minimum atomic E-state index is 0.0614. The Bertz CT molecular complexity index is 210. The molecule has 102 valence electrons. The first-order valence-corrected chi connectivity index (χ1v) is 6.27. The number of rotatable bonds is 9. The molecule has 3 N–H and O–H groups in total. The summed E-state index contributed by atoms with van der Waals surface area (Å²) in [4.78, 5) is 13.9. The van der Waals surface area contributed by atoms with Crippen molar-refractivity contribution in [1.82, 2.24) is 10.2 Å². The summed E-state index contributed by atoms with van der Waals surface area (Å²) in [5, 5.41) is 2.89. The molecule has 0 aliphatic carbocycles. The first-order chi connectivity index (χ1) is 8.04. The zero-order valence-electron chi connectivity index (χ0n) is 11.5. The number of hydrogen-bond acceptors (Lipinski definition) is 4. The Morgan fingerprint density at radius 3 is 2.53 bits per heavy atom. The summed E-state index contributed by atoms with van der Waals surface area (Å²) in [6.07, 6.45) is 0.451. The molecule has 1 unspecified atom stereocenters. The molecular formula is C12H27N3O2. The number of nitrogens with one attached hydrogen (secondary N) is 1. The molecule has 0 aliphatic heterocycles. The van der Waals surface area contributed by atoms with Crippen LogP contribution in [-0.4, -0.2) is 56.2 Å². The second-order valence-corrected chi connectivity index (χ2v) is 4.44. The van der Waals surface area contributed by atoms with Crippen LogP contribution in [0.2, 0.25) is 0 Å². The van der Waals surface area contributed by atoms with Crippen molar-refractivity contribution in [2.45, 2.75) is 39.3 Å². The van der Waals surface area contributed by atoms with E-state index in [2.05, 4.69) is 17.1 Å². The topological polar surface area (TPSA) is 67.6 Å². The second-order valence-electron chi connectivity index (χ2n) is 4.44. The first kappa shape index (κ1) is 16.4. The van der Waals surface area contributed by atoms with Crippen LogP contribution in [0.15, 0.2) is 0 Å². The fourth-order valence-corrected chi connectivity index (χ4v) is 1.76. The number of ether oxygens (including phenoxy) is 1. The van der Waals surface area contributed by atoms with E-state index in [0.29, 0.717) is 19.6 Å². The van der Waals surface area contributed by atoms with Crippen molar-refractivity contribution in [2.24, 2.45) is 5.73 Å². The summed E-state index contributed by atoms with van der Waals surface area (Å²) in [7, 11) is 1.68. The van der Waals surface area contributed by atoms with E-state index in [-0.39, 0.29) is 18.0 Å². The summed E-state index contributed by atoms with van der Waals surface area (Å²) in [5.74, 6) is 0.0614. The number of nitrogens with two attached hydrogens (primary N) is 1. The molecule has 0 aromatic carbocycles. The number of methoxy groups -OCH3 is 1. The smallest absolute Gasteiger partial charge is 0.221 e. The van der Waals surface area contributed by atoms with Crippen LogP contribution in [0.4, 0.5) is 0 Å². The van der Waals surface area contributed by atoms with Crippen molar-refractivity contribution in [1.29, 1.82) is 0 Å². The molecule has 1 amide bonds. The van der Waals surface area contributed by atoms with Gasteiger partial charge < -0.3 is 15.8 Å². The van der Waals surface area contributed by atoms with Crippen LogP contribution in [-0.2, 0) is 9.53 Å². The number of amides is 1. The van der Waals surface area contributed by atoms with E-state index in [1.165, 1.54) is 0 Å². The molecule has 0 bridgehead atoms. The van der Waals surface area contributed by atoms with Gasteiger partial charge in [0.2, 0.25) is 5.91 Å². The number of hydrogen-bond donors (Lipinski definition) is 2. The highest BCUT2D eigenvalue weighted by Gasteiger charge is 2.19. The number of nitrogens with zero attached hydrogens (tertiary/aromatic N) is 1. The van der Waals surface area contributed by atoms with Crippen molar-refractivity contribution in [2.75, 3.05) is 33.4 Å². The van der Waals surface area contributed by atoms with Gasteiger partial charge in [-0.3, -0.25) is 9.69 Å². The Labute approximate surface area is 105 Å². The number of carbonyl (C=O) groups excluding carboxylic acids is 1. The molecule has 0 aliphatic rings. The minimum Gasteiger partial charge on any atom is -0.383 e. The highest BCUT2D eigenvalue weighted by molar-refractivity contribution is 5.76. The van der Waals surface area contributed by atoms with E-state index in [1.807, 2.05) is 13.8 Å². The van der Waals surface area contributed by atoms with E-state index in [1.54, 1.807) is 7.11 Å². The van der Waals surface area contributed by atoms with E-state index in [9.17, 15) is 4.79 Å². The van der Waals surface area contributed by atoms with E-state index in [0.717, 1.165) is 13.1 Å². The monoisotopic (exact) mass is 245 g/mol. The molecule has 0 spiro atoms. The van der Waals surface area contributed by atoms with Crippen LogP contribution >= 0.6 is 0 Å². The van der Waals surface area contributed by atoms with Crippen LogP contribution in [0, 0.1) is 0 Å². The third-order valence-corrected chi connectivity index (χ3v) is 2.65. The number of likely N-dealkylation sites (N-methyl/N-ethyl adjacent to an activating group) is 1. The van der Waals surface area contributed by atoms with Crippen molar-refractivity contribution in [3.8, 4) is 0 Å². The van der Waals surface area contributed by atoms with E-state index >= 15 is 0 Å². The van der Waals surface area contributed by atoms with Crippen LogP contribution in [0.5, 0.6) is 0 Å². The van der Waals surface area contributed by atoms with Gasteiger partial charge in [-0.1, -0.05) is 6.92 Å². The molecule has 0 radical (unpaired) electrons. The summed E-state index contributed by atoms with van der Waals surface area (Å²) in [6, 6.07) is 0.267. The molecule has 5 heteroatoms. The molecular weight excluding hydrogens is 218 g/mol. The Kier molecular flexibility index (Phi) is 9.03. The summed E-state index contributed by atoms with van der Waals surface area (Å²) in [6.45, 7) is 8.82. The third kappa shape index (κ3) is 7.31. The van der Waals surface area contributed by atoms with E-state index < -0.39 is 0 Å². The molecule has 0 aromatic rings. The lowest BCUT2D eigenvalue weighted by Gasteiger charge is -2.29. The van der Waals surface area contributed by atoms with Gasteiger partial charge in [0, 0.05) is 38.7 Å². The van der Waals surface area contributed by atoms with Crippen molar-refractivity contribution in [3.63, 3.8) is 0 Å². The Morgan fingerprint density at radius 2 is 2.12 bits per heavy atom. The molecule has 0 saturated heterocycles. The lowest BCUT2D eigenvalue weighted by molar-refractivity contribution is -0.122. The fourth-order valence-electron chi connectivity index (χ4n) is 1.76. The average Bonchev–Trinajstić information content (AvgIpc) is 2.27. The Morgan fingerprint density at radius 1 is 1.47 bits per heavy atom. The maximum Gasteiger partial charge on any atom is 0.221 e. The number of carbonyl (C=O) groups is 1. The third-order valence-electron chi connectivity index (χ3n) is 2.65. The fraction of sp³-hybridized carbons (Fsp3) is 0.917. The predicted molar refractivity (Wildman–Crippen MR) is 69.9 cm³/mol. The van der Waals surface area contributed by atoms with Crippen LogP contribution in [0.3, 0.4) is 0 Å². The van der Waals surface area contributed by atoms with Crippen LogP contribution in [0.1, 0.15) is 27.2 Å². The van der Waals surface area contributed by atoms with Gasteiger partial charge in [0.05, 0.1) is 6.61 Å². The van der Waals surface area contributed by atoms with Gasteiger partial charge in [-0.2, -0.15) is 0 Å². The van der Waals surface area contributed by atoms with Gasteiger partial charge in [-0.15, -0.1) is 0 Å². The molecule has 17 heavy (non-hydrogen) atoms. The summed E-state index contributed by atoms with van der Waals surface area (Å²) in [5.41, 5.74) is 5.74. The lowest BCUT2D eigenvalue weighted by atomic mass is 10.1. The Balaban J connectivity index is 4.22. The molecule has 0 fully saturated rings. The van der Waals surface area contributed by atoms with Gasteiger partial charge in [-0.05, 0) is 20.4 Å². The summed E-state index contributed by atoms with van der Waals surface area (Å²) < 4.78 is 5.06. The van der Waals surface area contributed by atoms with Gasteiger partial charge in [0.1, 0.15) is 0 Å². The zero-order valence-corrected chi connectivity index (χ0v) is 11.5. The first-order valence-electron chi connectivity index (χ1n) is 6.27. The van der Waals surface area contributed by atoms with Crippen molar-refractivity contribution < 1.29 is 9.53 Å². The zero-order chi connectivity index (χ0) is 13.3. The van der Waals surface area contributed by atoms with Gasteiger partial charge in [0.15, 0.2) is 0 Å². The van der Waals surface area contributed by atoms with E-state index in [4.69, 9.17) is 10.5 Å². The lowest BCUT2D eigenvalue weighted by Crippen LogP contribution is -2.45.